The van der Waals surface area contributed by atoms with Crippen LogP contribution in [-0.4, -0.2) is 16.1 Å². The van der Waals surface area contributed by atoms with Gasteiger partial charge in [0.05, 0.1) is 5.56 Å². The summed E-state index contributed by atoms with van der Waals surface area (Å²) in [5.74, 6) is 0.00491. The molecule has 0 bridgehead atoms. The van der Waals surface area contributed by atoms with Crippen LogP contribution in [0.3, 0.4) is 0 Å². The summed E-state index contributed by atoms with van der Waals surface area (Å²) in [4.78, 5) is 22.8. The monoisotopic (exact) mass is 419 g/mol. The molecule has 0 spiro atoms. The van der Waals surface area contributed by atoms with Gasteiger partial charge in [-0.1, -0.05) is 0 Å². The number of hydrogen-bond donors (Lipinski definition) is 2. The molecule has 1 aromatic heterocycles. The van der Waals surface area contributed by atoms with E-state index in [9.17, 15) is 9.59 Å². The van der Waals surface area contributed by atoms with Gasteiger partial charge in [-0.3, -0.25) is 9.59 Å². The molecule has 0 unspecified atom stereocenters. The first-order valence-corrected chi connectivity index (χ1v) is 6.75. The van der Waals surface area contributed by atoms with Crippen molar-refractivity contribution in [1.29, 1.82) is 0 Å². The van der Waals surface area contributed by atoms with Crippen LogP contribution in [0.5, 0.6) is 0 Å². The van der Waals surface area contributed by atoms with E-state index >= 15 is 0 Å². The van der Waals surface area contributed by atoms with Crippen LogP contribution in [0.2, 0.25) is 0 Å². The molecule has 1 aromatic carbocycles. The first-order chi connectivity index (χ1) is 8.56. The minimum absolute atomic E-state index is 0.292. The van der Waals surface area contributed by atoms with E-state index in [-0.39, 0.29) is 11.5 Å². The molecule has 0 aliphatic rings. The van der Waals surface area contributed by atoms with Crippen molar-refractivity contribution >= 4 is 50.2 Å². The Morgan fingerprint density at radius 1 is 1.33 bits per heavy atom. The summed E-state index contributed by atoms with van der Waals surface area (Å²) in [6.07, 6.45) is 0. The zero-order valence-corrected chi connectivity index (χ0v) is 12.6. The SMILES string of the molecule is O=C(Nc1ccc(=O)[nH]n1)c1cc(I)ccc1Br. The number of amides is 1. The number of nitrogens with zero attached hydrogens (tertiary/aromatic N) is 1. The van der Waals surface area contributed by atoms with Crippen molar-refractivity contribution in [2.24, 2.45) is 0 Å². The molecule has 0 saturated carbocycles. The molecule has 0 saturated heterocycles. The number of H-pyrrole nitrogens is 1. The largest absolute Gasteiger partial charge is 0.305 e. The van der Waals surface area contributed by atoms with Crippen molar-refractivity contribution in [2.75, 3.05) is 5.32 Å². The van der Waals surface area contributed by atoms with E-state index in [1.165, 1.54) is 12.1 Å². The average molecular weight is 420 g/mol. The Hall–Kier alpha value is -1.22. The van der Waals surface area contributed by atoms with Gasteiger partial charge in [0, 0.05) is 14.1 Å². The first kappa shape index (κ1) is 13.2. The quantitative estimate of drug-likeness (QED) is 0.734. The fraction of sp³-hybridized carbons (Fsp3) is 0. The van der Waals surface area contributed by atoms with Crippen LogP contribution in [0.25, 0.3) is 0 Å². The van der Waals surface area contributed by atoms with Crippen molar-refractivity contribution in [1.82, 2.24) is 10.2 Å². The van der Waals surface area contributed by atoms with Crippen LogP contribution in [0.15, 0.2) is 39.6 Å². The summed E-state index contributed by atoms with van der Waals surface area (Å²) < 4.78 is 1.65. The molecule has 2 rings (SSSR count). The van der Waals surface area contributed by atoms with Gasteiger partial charge in [-0.05, 0) is 62.8 Å². The van der Waals surface area contributed by atoms with Gasteiger partial charge >= 0.3 is 0 Å². The van der Waals surface area contributed by atoms with Crippen LogP contribution in [0.4, 0.5) is 5.82 Å². The molecule has 0 radical (unpaired) electrons. The fourth-order valence-corrected chi connectivity index (χ4v) is 2.19. The van der Waals surface area contributed by atoms with Crippen molar-refractivity contribution in [2.45, 2.75) is 0 Å². The summed E-state index contributed by atoms with van der Waals surface area (Å²) in [6.45, 7) is 0. The van der Waals surface area contributed by atoms with Crippen molar-refractivity contribution in [3.05, 3.63) is 54.3 Å². The highest BCUT2D eigenvalue weighted by Gasteiger charge is 2.11. The van der Waals surface area contributed by atoms with Crippen molar-refractivity contribution < 1.29 is 4.79 Å². The van der Waals surface area contributed by atoms with Crippen molar-refractivity contribution in [3.8, 4) is 0 Å². The fourth-order valence-electron chi connectivity index (χ4n) is 1.27. The highest BCUT2D eigenvalue weighted by molar-refractivity contribution is 14.1. The van der Waals surface area contributed by atoms with Gasteiger partial charge in [0.15, 0.2) is 5.82 Å². The van der Waals surface area contributed by atoms with Crippen LogP contribution in [-0.2, 0) is 0 Å². The third kappa shape index (κ3) is 3.16. The predicted molar refractivity (Wildman–Crippen MR) is 79.7 cm³/mol. The summed E-state index contributed by atoms with van der Waals surface area (Å²) in [6, 6.07) is 8.19. The maximum absolute atomic E-state index is 12.0. The standard InChI is InChI=1S/C11H7BrIN3O2/c12-8-2-1-6(13)5-7(8)11(18)14-9-3-4-10(17)16-15-9/h1-5H,(H,16,17)(H,14,15,18). The molecular weight excluding hydrogens is 413 g/mol. The topological polar surface area (TPSA) is 74.8 Å². The van der Waals surface area contributed by atoms with Crippen LogP contribution in [0, 0.1) is 3.57 Å². The molecule has 7 heteroatoms. The molecule has 0 atom stereocenters. The van der Waals surface area contributed by atoms with Crippen LogP contribution < -0.4 is 10.9 Å². The smallest absolute Gasteiger partial charge is 0.264 e. The second-order valence-electron chi connectivity index (χ2n) is 3.38. The number of anilines is 1. The molecule has 5 nitrogen and oxygen atoms in total. The van der Waals surface area contributed by atoms with Gasteiger partial charge < -0.3 is 5.32 Å². The Labute approximate surface area is 124 Å². The number of halogens is 2. The summed E-state index contributed by atoms with van der Waals surface area (Å²) in [7, 11) is 0. The lowest BCUT2D eigenvalue weighted by atomic mass is 10.2. The third-order valence-corrected chi connectivity index (χ3v) is 3.46. The van der Waals surface area contributed by atoms with Gasteiger partial charge in [0.2, 0.25) is 0 Å². The van der Waals surface area contributed by atoms with E-state index < -0.39 is 0 Å². The number of carbonyl (C=O) groups is 1. The Morgan fingerprint density at radius 3 is 2.78 bits per heavy atom. The molecule has 2 N–H and O–H groups in total. The van der Waals surface area contributed by atoms with E-state index in [0.717, 1.165) is 3.57 Å². The highest BCUT2D eigenvalue weighted by atomic mass is 127. The van der Waals surface area contributed by atoms with Gasteiger partial charge in [-0.2, -0.15) is 5.10 Å². The lowest BCUT2D eigenvalue weighted by Gasteiger charge is -2.06. The minimum atomic E-state index is -0.316. The first-order valence-electron chi connectivity index (χ1n) is 4.88. The summed E-state index contributed by atoms with van der Waals surface area (Å²) in [5.41, 5.74) is 0.193. The van der Waals surface area contributed by atoms with Gasteiger partial charge in [0.1, 0.15) is 0 Å². The van der Waals surface area contributed by atoms with Gasteiger partial charge in [0.25, 0.3) is 11.5 Å². The van der Waals surface area contributed by atoms with E-state index in [1.807, 2.05) is 6.07 Å². The number of rotatable bonds is 2. The molecular formula is C11H7BrIN3O2. The zero-order valence-electron chi connectivity index (χ0n) is 8.91. The molecule has 0 fully saturated rings. The lowest BCUT2D eigenvalue weighted by molar-refractivity contribution is 0.102. The van der Waals surface area contributed by atoms with E-state index in [4.69, 9.17) is 0 Å². The minimum Gasteiger partial charge on any atom is -0.305 e. The Morgan fingerprint density at radius 2 is 2.11 bits per heavy atom. The predicted octanol–water partition coefficient (Wildman–Crippen LogP) is 2.39. The van der Waals surface area contributed by atoms with Crippen LogP contribution >= 0.6 is 38.5 Å². The maximum atomic E-state index is 12.0. The number of aromatic amines is 1. The number of hydrogen-bond acceptors (Lipinski definition) is 3. The summed E-state index contributed by atoms with van der Waals surface area (Å²) in [5, 5.41) is 8.56. The Balaban J connectivity index is 2.24. The molecule has 92 valence electrons. The molecule has 0 aliphatic heterocycles. The van der Waals surface area contributed by atoms with E-state index in [0.29, 0.717) is 15.9 Å². The van der Waals surface area contributed by atoms with E-state index in [1.54, 1.807) is 12.1 Å². The zero-order chi connectivity index (χ0) is 13.1. The Kier molecular flexibility index (Phi) is 4.12. The normalized spacial score (nSPS) is 10.1. The number of carbonyl (C=O) groups excluding carboxylic acids is 1. The van der Waals surface area contributed by atoms with E-state index in [2.05, 4.69) is 54.0 Å². The number of aromatic nitrogens is 2. The maximum Gasteiger partial charge on any atom is 0.264 e. The molecule has 1 heterocycles. The molecule has 2 aromatic rings. The van der Waals surface area contributed by atoms with Crippen LogP contribution in [0.1, 0.15) is 10.4 Å². The number of benzene rings is 1. The molecule has 0 aliphatic carbocycles. The number of nitrogens with one attached hydrogen (secondary N) is 2. The van der Waals surface area contributed by atoms with Gasteiger partial charge in [-0.15, -0.1) is 0 Å². The average Bonchev–Trinajstić information content (AvgIpc) is 2.35. The second-order valence-corrected chi connectivity index (χ2v) is 5.48. The Bertz CT molecular complexity index is 636. The second kappa shape index (κ2) is 5.61. The summed E-state index contributed by atoms with van der Waals surface area (Å²) >= 11 is 5.44. The molecule has 18 heavy (non-hydrogen) atoms. The van der Waals surface area contributed by atoms with Crippen molar-refractivity contribution in [3.63, 3.8) is 0 Å². The molecule has 1 amide bonds. The third-order valence-electron chi connectivity index (χ3n) is 2.09. The lowest BCUT2D eigenvalue weighted by Crippen LogP contribution is -2.16. The highest BCUT2D eigenvalue weighted by Crippen LogP contribution is 2.20. The van der Waals surface area contributed by atoms with Gasteiger partial charge in [-0.25, -0.2) is 5.10 Å².